The summed E-state index contributed by atoms with van der Waals surface area (Å²) in [6, 6.07) is 1.97. The maximum atomic E-state index is 13.0. The third-order valence-corrected chi connectivity index (χ3v) is 1.76. The molecule has 0 aliphatic heterocycles. The quantitative estimate of drug-likeness (QED) is 0.735. The minimum atomic E-state index is -0.760. The molecule has 0 amide bonds. The largest absolute Gasteiger partial charge is 0.327 e. The van der Waals surface area contributed by atoms with E-state index < -0.39 is 11.6 Å². The van der Waals surface area contributed by atoms with Crippen LogP contribution in [0.3, 0.4) is 0 Å². The molecule has 0 aromatic heterocycles. The van der Waals surface area contributed by atoms with Crippen molar-refractivity contribution in [2.45, 2.75) is 0 Å². The highest BCUT2D eigenvalue weighted by molar-refractivity contribution is 6.30. The van der Waals surface area contributed by atoms with Gasteiger partial charge in [-0.2, -0.15) is 0 Å². The lowest BCUT2D eigenvalue weighted by Crippen LogP contribution is -1.93. The molecule has 0 heterocycles. The van der Waals surface area contributed by atoms with E-state index in [-0.39, 0.29) is 10.6 Å². The Morgan fingerprint density at radius 3 is 2.62 bits per heavy atom. The van der Waals surface area contributed by atoms with E-state index in [9.17, 15) is 8.78 Å². The monoisotopic (exact) mass is 203 g/mol. The second kappa shape index (κ2) is 4.35. The van der Waals surface area contributed by atoms with Crippen LogP contribution in [0.5, 0.6) is 0 Å². The first-order valence-corrected chi connectivity index (χ1v) is 4.04. The van der Waals surface area contributed by atoms with Crippen molar-refractivity contribution in [2.75, 3.05) is 6.54 Å². The van der Waals surface area contributed by atoms with Crippen LogP contribution in [0.25, 0.3) is 6.08 Å². The Morgan fingerprint density at radius 2 is 2.00 bits per heavy atom. The number of hydrogen-bond donors (Lipinski definition) is 1. The molecule has 1 rings (SSSR count). The van der Waals surface area contributed by atoms with E-state index in [2.05, 4.69) is 0 Å². The zero-order valence-corrected chi connectivity index (χ0v) is 7.48. The average Bonchev–Trinajstić information content (AvgIpc) is 2.09. The van der Waals surface area contributed by atoms with E-state index in [1.54, 1.807) is 6.08 Å². The molecular weight excluding hydrogens is 196 g/mol. The first-order chi connectivity index (χ1) is 6.15. The summed E-state index contributed by atoms with van der Waals surface area (Å²) in [5.74, 6) is -1.41. The third-order valence-electron chi connectivity index (χ3n) is 1.47. The Kier molecular flexibility index (Phi) is 3.39. The van der Waals surface area contributed by atoms with Crippen LogP contribution in [0.2, 0.25) is 5.02 Å². The Hall–Kier alpha value is -0.930. The van der Waals surface area contributed by atoms with Crippen LogP contribution in [-0.4, -0.2) is 6.54 Å². The highest BCUT2D eigenvalue weighted by Crippen LogP contribution is 2.20. The van der Waals surface area contributed by atoms with Gasteiger partial charge in [0.25, 0.3) is 0 Å². The molecule has 0 fully saturated rings. The normalized spacial score (nSPS) is 11.1. The molecule has 1 nitrogen and oxygen atoms in total. The lowest BCUT2D eigenvalue weighted by molar-refractivity contribution is 0.582. The van der Waals surface area contributed by atoms with Crippen LogP contribution in [0.15, 0.2) is 18.2 Å². The van der Waals surface area contributed by atoms with Gasteiger partial charge in [-0.05, 0) is 6.07 Å². The van der Waals surface area contributed by atoms with Crippen LogP contribution in [0, 0.1) is 11.6 Å². The molecule has 0 radical (unpaired) electrons. The van der Waals surface area contributed by atoms with Gasteiger partial charge in [-0.25, -0.2) is 8.78 Å². The van der Waals surface area contributed by atoms with Gasteiger partial charge in [-0.15, -0.1) is 0 Å². The summed E-state index contributed by atoms with van der Waals surface area (Å²) < 4.78 is 25.6. The SMILES string of the molecule is NC/C=C/c1cc(Cl)c(F)cc1F. The van der Waals surface area contributed by atoms with Crippen LogP contribution in [0.4, 0.5) is 8.78 Å². The standard InChI is InChI=1S/C9H8ClF2N/c10-7-4-6(2-1-3-13)8(11)5-9(7)12/h1-2,4-5H,3,13H2/b2-1+. The van der Waals surface area contributed by atoms with Gasteiger partial charge < -0.3 is 5.73 Å². The fourth-order valence-corrected chi connectivity index (χ4v) is 1.03. The van der Waals surface area contributed by atoms with Crippen molar-refractivity contribution in [1.29, 1.82) is 0 Å². The minimum Gasteiger partial charge on any atom is -0.327 e. The second-order valence-electron chi connectivity index (χ2n) is 2.43. The van der Waals surface area contributed by atoms with Crippen LogP contribution in [-0.2, 0) is 0 Å². The first-order valence-electron chi connectivity index (χ1n) is 3.66. The molecule has 0 bridgehead atoms. The lowest BCUT2D eigenvalue weighted by Gasteiger charge is -1.98. The molecule has 4 heteroatoms. The molecule has 70 valence electrons. The summed E-state index contributed by atoms with van der Waals surface area (Å²) in [5.41, 5.74) is 5.41. The Bertz CT molecular complexity index is 337. The van der Waals surface area contributed by atoms with Crippen molar-refractivity contribution < 1.29 is 8.78 Å². The van der Waals surface area contributed by atoms with Crippen molar-refractivity contribution in [3.8, 4) is 0 Å². The molecule has 0 saturated heterocycles. The van der Waals surface area contributed by atoms with Gasteiger partial charge in [0, 0.05) is 18.2 Å². The number of rotatable bonds is 2. The Labute approximate surface area is 79.8 Å². The summed E-state index contributed by atoms with van der Waals surface area (Å²) >= 11 is 5.46. The minimum absolute atomic E-state index is 0.0990. The third kappa shape index (κ3) is 2.50. The maximum Gasteiger partial charge on any atom is 0.144 e. The van der Waals surface area contributed by atoms with E-state index in [4.69, 9.17) is 17.3 Å². The number of halogens is 3. The van der Waals surface area contributed by atoms with Crippen molar-refractivity contribution in [3.05, 3.63) is 40.4 Å². The second-order valence-corrected chi connectivity index (χ2v) is 2.83. The van der Waals surface area contributed by atoms with Crippen molar-refractivity contribution in [1.82, 2.24) is 0 Å². The molecule has 0 aliphatic carbocycles. The Balaban J connectivity index is 3.08. The summed E-state index contributed by atoms with van der Waals surface area (Å²) in [5, 5.41) is -0.0990. The van der Waals surface area contributed by atoms with Crippen LogP contribution in [0.1, 0.15) is 5.56 Å². The molecular formula is C9H8ClF2N. The zero-order valence-electron chi connectivity index (χ0n) is 6.73. The van der Waals surface area contributed by atoms with E-state index in [0.717, 1.165) is 6.07 Å². The van der Waals surface area contributed by atoms with Crippen molar-refractivity contribution in [3.63, 3.8) is 0 Å². The van der Waals surface area contributed by atoms with Crippen LogP contribution >= 0.6 is 11.6 Å². The van der Waals surface area contributed by atoms with Gasteiger partial charge in [0.15, 0.2) is 0 Å². The highest BCUT2D eigenvalue weighted by atomic mass is 35.5. The Morgan fingerprint density at radius 1 is 1.31 bits per heavy atom. The fourth-order valence-electron chi connectivity index (χ4n) is 0.861. The summed E-state index contributed by atoms with van der Waals surface area (Å²) in [4.78, 5) is 0. The van der Waals surface area contributed by atoms with E-state index in [1.165, 1.54) is 12.1 Å². The van der Waals surface area contributed by atoms with E-state index >= 15 is 0 Å². The molecule has 0 spiro atoms. The number of nitrogens with two attached hydrogens (primary N) is 1. The number of benzene rings is 1. The molecule has 0 atom stereocenters. The molecule has 1 aromatic carbocycles. The highest BCUT2D eigenvalue weighted by Gasteiger charge is 2.05. The maximum absolute atomic E-state index is 13.0. The van der Waals surface area contributed by atoms with Gasteiger partial charge >= 0.3 is 0 Å². The van der Waals surface area contributed by atoms with Gasteiger partial charge in [0.05, 0.1) is 5.02 Å². The average molecular weight is 204 g/mol. The van der Waals surface area contributed by atoms with Gasteiger partial charge in [-0.3, -0.25) is 0 Å². The van der Waals surface area contributed by atoms with E-state index in [1.807, 2.05) is 0 Å². The van der Waals surface area contributed by atoms with Gasteiger partial charge in [-0.1, -0.05) is 23.8 Å². The number of hydrogen-bond acceptors (Lipinski definition) is 1. The van der Waals surface area contributed by atoms with Gasteiger partial charge in [0.2, 0.25) is 0 Å². The first kappa shape index (κ1) is 10.2. The molecule has 2 N–H and O–H groups in total. The van der Waals surface area contributed by atoms with Crippen molar-refractivity contribution in [2.24, 2.45) is 5.73 Å². The lowest BCUT2D eigenvalue weighted by atomic mass is 10.2. The predicted molar refractivity (Wildman–Crippen MR) is 49.5 cm³/mol. The fraction of sp³-hybridized carbons (Fsp3) is 0.111. The smallest absolute Gasteiger partial charge is 0.144 e. The van der Waals surface area contributed by atoms with Gasteiger partial charge in [0.1, 0.15) is 11.6 Å². The molecule has 0 unspecified atom stereocenters. The predicted octanol–water partition coefficient (Wildman–Crippen LogP) is 2.59. The summed E-state index contributed by atoms with van der Waals surface area (Å²) in [6.45, 7) is 0.300. The molecule has 1 aromatic rings. The summed E-state index contributed by atoms with van der Waals surface area (Å²) in [7, 11) is 0. The zero-order chi connectivity index (χ0) is 9.84. The molecule has 0 aliphatic rings. The molecule has 0 saturated carbocycles. The molecule has 13 heavy (non-hydrogen) atoms. The van der Waals surface area contributed by atoms with Crippen LogP contribution < -0.4 is 5.73 Å². The summed E-state index contributed by atoms with van der Waals surface area (Å²) in [6.07, 6.45) is 3.02. The topological polar surface area (TPSA) is 26.0 Å². The van der Waals surface area contributed by atoms with E-state index in [0.29, 0.717) is 6.54 Å². The van der Waals surface area contributed by atoms with Crippen molar-refractivity contribution >= 4 is 17.7 Å².